The van der Waals surface area contributed by atoms with Gasteiger partial charge in [0.15, 0.2) is 11.1 Å². The molecule has 0 aromatic heterocycles. The lowest BCUT2D eigenvalue weighted by Crippen LogP contribution is -2.30. The lowest BCUT2D eigenvalue weighted by molar-refractivity contribution is -0.162. The Bertz CT molecular complexity index is 2150. The van der Waals surface area contributed by atoms with Gasteiger partial charge in [-0.1, -0.05) is 86.6 Å². The molecule has 3 heterocycles. The molecule has 18 heteroatoms. The quantitative estimate of drug-likeness (QED) is 0.0312. The van der Waals surface area contributed by atoms with Crippen LogP contribution in [0.5, 0.6) is 0 Å². The van der Waals surface area contributed by atoms with Crippen LogP contribution in [-0.4, -0.2) is 98.5 Å². The van der Waals surface area contributed by atoms with Crippen molar-refractivity contribution in [2.75, 3.05) is 72.3 Å². The fourth-order valence-electron chi connectivity index (χ4n) is 6.47. The number of esters is 5. The van der Waals surface area contributed by atoms with E-state index in [-0.39, 0.29) is 24.4 Å². The Morgan fingerprint density at radius 2 is 1.16 bits per heavy atom. The summed E-state index contributed by atoms with van der Waals surface area (Å²) in [5.74, 6) is -3.04. The molecule has 63 heavy (non-hydrogen) atoms. The van der Waals surface area contributed by atoms with E-state index in [0.717, 1.165) is 63.9 Å². The highest BCUT2D eigenvalue weighted by atomic mass is 32.2. The smallest absolute Gasteiger partial charge is 0.351 e. The molecular formula is C45H50N4O10S4. The van der Waals surface area contributed by atoms with E-state index < -0.39 is 67.9 Å². The first-order valence-electron chi connectivity index (χ1n) is 20.6. The summed E-state index contributed by atoms with van der Waals surface area (Å²) in [6.45, 7) is 7.77. The van der Waals surface area contributed by atoms with Gasteiger partial charge in [0.1, 0.15) is 54.7 Å². The average molecular weight is 935 g/mol. The molecule has 14 nitrogen and oxygen atoms in total. The number of hydrogen-bond acceptors (Lipinski definition) is 18. The highest BCUT2D eigenvalue weighted by Crippen LogP contribution is 2.48. The summed E-state index contributed by atoms with van der Waals surface area (Å²) in [7, 11) is 0. The van der Waals surface area contributed by atoms with Gasteiger partial charge in [-0.05, 0) is 37.1 Å². The average Bonchev–Trinajstić information content (AvgIpc) is 3.82. The Labute approximate surface area is 385 Å². The zero-order chi connectivity index (χ0) is 45.1. The number of carbonyl (C=O) groups is 5. The van der Waals surface area contributed by atoms with Crippen LogP contribution in [-0.2, 0) is 47.7 Å². The van der Waals surface area contributed by atoms with Crippen molar-refractivity contribution in [1.29, 1.82) is 10.5 Å². The van der Waals surface area contributed by atoms with E-state index in [4.69, 9.17) is 23.7 Å². The Balaban J connectivity index is 1.17. The standard InChI is InChI=1S/C45H50N4O10S4/c1-4-6-16-48-35-12-8-10-14-37(35)62-41(48)33(24-46)44(53)57-19-18-55-39(50)22-31(23-40(51)59-32-28-60-26-30(3)27-61-29-32)43(52)56-20-21-58-45(54)34(25-47)42-49(17-7-5-2)36-13-9-11-15-38(36)63-42/h8-15,31-32H,3-7,16-23,26-29H2,1-2H3/b41-33-,42-34-. The first kappa shape index (κ1) is 49.0. The summed E-state index contributed by atoms with van der Waals surface area (Å²) in [4.78, 5) is 71.6. The second-order valence-corrected chi connectivity index (χ2v) is 18.5. The molecule has 0 N–H and O–H groups in total. The van der Waals surface area contributed by atoms with Crippen molar-refractivity contribution >= 4 is 88.3 Å². The zero-order valence-electron chi connectivity index (χ0n) is 35.3. The zero-order valence-corrected chi connectivity index (χ0v) is 38.6. The largest absolute Gasteiger partial charge is 0.462 e. The number of unbranched alkanes of at least 4 members (excludes halogenated alkanes) is 2. The van der Waals surface area contributed by atoms with Crippen LogP contribution >= 0.6 is 47.0 Å². The first-order valence-corrected chi connectivity index (χ1v) is 24.6. The van der Waals surface area contributed by atoms with E-state index in [1.165, 1.54) is 23.5 Å². The van der Waals surface area contributed by atoms with Gasteiger partial charge in [0.2, 0.25) is 0 Å². The van der Waals surface area contributed by atoms with Gasteiger partial charge in [0.05, 0.1) is 30.1 Å². The normalized spacial score (nSPS) is 16.9. The van der Waals surface area contributed by atoms with E-state index in [0.29, 0.717) is 34.7 Å². The van der Waals surface area contributed by atoms with Crippen LogP contribution in [0.1, 0.15) is 52.4 Å². The summed E-state index contributed by atoms with van der Waals surface area (Å²) in [5.41, 5.74) is 2.53. The first-order chi connectivity index (χ1) is 30.6. The molecule has 0 spiro atoms. The molecule has 3 aliphatic rings. The maximum atomic E-state index is 13.4. The summed E-state index contributed by atoms with van der Waals surface area (Å²) >= 11 is 5.80. The minimum Gasteiger partial charge on any atom is -0.462 e. The topological polar surface area (TPSA) is 186 Å². The summed E-state index contributed by atoms with van der Waals surface area (Å²) in [5, 5.41) is 20.9. The molecule has 334 valence electrons. The van der Waals surface area contributed by atoms with Crippen molar-refractivity contribution in [3.05, 3.63) is 81.9 Å². The van der Waals surface area contributed by atoms with Gasteiger partial charge < -0.3 is 33.5 Å². The Morgan fingerprint density at radius 3 is 1.65 bits per heavy atom. The Hall–Kier alpha value is -5.01. The monoisotopic (exact) mass is 934 g/mol. The number of carbonyl (C=O) groups excluding carboxylic acids is 5. The molecule has 3 aliphatic heterocycles. The maximum Gasteiger partial charge on any atom is 0.351 e. The third kappa shape index (κ3) is 14.0. The number of nitriles is 2. The van der Waals surface area contributed by atoms with Crippen LogP contribution in [0, 0.1) is 28.6 Å². The van der Waals surface area contributed by atoms with E-state index in [1.807, 2.05) is 77.4 Å². The number of anilines is 2. The molecule has 1 atom stereocenters. The Kier molecular flexibility index (Phi) is 19.7. The van der Waals surface area contributed by atoms with Crippen molar-refractivity contribution < 1.29 is 47.7 Å². The molecule has 0 radical (unpaired) electrons. The van der Waals surface area contributed by atoms with Crippen LogP contribution < -0.4 is 9.80 Å². The fourth-order valence-corrected chi connectivity index (χ4v) is 11.0. The molecule has 0 saturated carbocycles. The number of fused-ring (bicyclic) bond motifs is 2. The van der Waals surface area contributed by atoms with Crippen LogP contribution in [0.3, 0.4) is 0 Å². The van der Waals surface area contributed by atoms with Crippen molar-refractivity contribution in [3.8, 4) is 12.1 Å². The van der Waals surface area contributed by atoms with Gasteiger partial charge in [-0.3, -0.25) is 14.4 Å². The van der Waals surface area contributed by atoms with Crippen molar-refractivity contribution in [2.45, 2.75) is 68.3 Å². The molecule has 1 saturated heterocycles. The van der Waals surface area contributed by atoms with Crippen LogP contribution in [0.15, 0.2) is 91.7 Å². The minimum absolute atomic E-state index is 0.172. The highest BCUT2D eigenvalue weighted by molar-refractivity contribution is 8.04. The second-order valence-electron chi connectivity index (χ2n) is 14.4. The lowest BCUT2D eigenvalue weighted by Gasteiger charge is -2.22. The number of rotatable bonds is 20. The number of benzene rings is 2. The molecule has 2 aromatic rings. The fraction of sp³-hybridized carbons (Fsp3) is 0.444. The van der Waals surface area contributed by atoms with E-state index in [9.17, 15) is 34.5 Å². The molecule has 0 aliphatic carbocycles. The predicted molar refractivity (Wildman–Crippen MR) is 245 cm³/mol. The summed E-state index contributed by atoms with van der Waals surface area (Å²) in [6.07, 6.45) is 2.01. The van der Waals surface area contributed by atoms with E-state index in [2.05, 4.69) is 13.5 Å². The van der Waals surface area contributed by atoms with Crippen LogP contribution in [0.2, 0.25) is 0 Å². The molecule has 5 rings (SSSR count). The van der Waals surface area contributed by atoms with Crippen LogP contribution in [0.4, 0.5) is 11.4 Å². The van der Waals surface area contributed by atoms with Gasteiger partial charge in [0, 0.05) is 45.9 Å². The molecule has 2 aromatic carbocycles. The summed E-state index contributed by atoms with van der Waals surface area (Å²) in [6, 6.07) is 19.2. The Morgan fingerprint density at radius 1 is 0.698 bits per heavy atom. The van der Waals surface area contributed by atoms with Crippen molar-refractivity contribution in [3.63, 3.8) is 0 Å². The van der Waals surface area contributed by atoms with Crippen molar-refractivity contribution in [1.82, 2.24) is 0 Å². The molecule has 0 amide bonds. The van der Waals surface area contributed by atoms with E-state index in [1.54, 1.807) is 23.5 Å². The third-order valence-electron chi connectivity index (χ3n) is 9.56. The number of ether oxygens (including phenoxy) is 5. The lowest BCUT2D eigenvalue weighted by atomic mass is 10.0. The van der Waals surface area contributed by atoms with Crippen LogP contribution in [0.25, 0.3) is 0 Å². The van der Waals surface area contributed by atoms with Crippen molar-refractivity contribution in [2.24, 2.45) is 5.92 Å². The number of nitrogens with zero attached hydrogens (tertiary/aromatic N) is 4. The molecule has 1 fully saturated rings. The second kappa shape index (κ2) is 25.3. The number of thioether (sulfide) groups is 4. The molecule has 1 unspecified atom stereocenters. The number of para-hydroxylation sites is 2. The predicted octanol–water partition coefficient (Wildman–Crippen LogP) is 7.80. The highest BCUT2D eigenvalue weighted by Gasteiger charge is 2.33. The molecule has 0 bridgehead atoms. The maximum absolute atomic E-state index is 13.4. The van der Waals surface area contributed by atoms with E-state index >= 15 is 0 Å². The third-order valence-corrected chi connectivity index (χ3v) is 14.4. The van der Waals surface area contributed by atoms with Gasteiger partial charge in [-0.25, -0.2) is 9.59 Å². The van der Waals surface area contributed by atoms with Gasteiger partial charge in [0.25, 0.3) is 0 Å². The van der Waals surface area contributed by atoms with Gasteiger partial charge >= 0.3 is 29.8 Å². The minimum atomic E-state index is -1.32. The summed E-state index contributed by atoms with van der Waals surface area (Å²) < 4.78 is 27.1. The number of hydrogen-bond donors (Lipinski definition) is 0. The van der Waals surface area contributed by atoms with Gasteiger partial charge in [-0.15, -0.1) is 0 Å². The molecular weight excluding hydrogens is 885 g/mol. The van der Waals surface area contributed by atoms with Gasteiger partial charge in [-0.2, -0.15) is 34.0 Å². The SMILES string of the molecule is C=C1CSCC(OC(=O)CC(CC(=O)OCCOC(=O)/C(C#N)=C2\Sc3ccccc3N2CCCC)C(=O)OCCOC(=O)/C(C#N)=C2\Sc3ccccc3N2CCCC)CSC1.